The van der Waals surface area contributed by atoms with Gasteiger partial charge in [0.05, 0.1) is 31.2 Å². The van der Waals surface area contributed by atoms with E-state index in [9.17, 15) is 8.42 Å². The molecule has 3 heterocycles. The topological polar surface area (TPSA) is 64.3 Å². The highest BCUT2D eigenvalue weighted by Gasteiger charge is 2.22. The first-order chi connectivity index (χ1) is 20.1. The molecule has 0 saturated carbocycles. The third kappa shape index (κ3) is 3.70. The molecule has 0 radical (unpaired) electrons. The van der Waals surface area contributed by atoms with Crippen molar-refractivity contribution < 1.29 is 8.42 Å². The molecule has 8 aromatic rings. The second kappa shape index (κ2) is 9.09. The fraction of sp³-hybridized carbons (Fsp3) is 0. The molecule has 0 atom stereocenters. The SMILES string of the molecule is O=S(=O)(c1ccccc1)c1cccc(-c2cccc3c2sc2nc4c5ccccc5nc(-c5ccccc5)c4n23)c1. The molecule has 0 aliphatic carbocycles. The predicted octanol–water partition coefficient (Wildman–Crippen LogP) is 8.42. The van der Waals surface area contributed by atoms with Gasteiger partial charge < -0.3 is 0 Å². The summed E-state index contributed by atoms with van der Waals surface area (Å²) in [6.45, 7) is 0. The molecule has 0 spiro atoms. The fourth-order valence-corrected chi connectivity index (χ4v) is 8.02. The molecule has 0 N–H and O–H groups in total. The van der Waals surface area contributed by atoms with Gasteiger partial charge in [0, 0.05) is 16.5 Å². The van der Waals surface area contributed by atoms with Gasteiger partial charge in [-0.25, -0.2) is 18.4 Å². The van der Waals surface area contributed by atoms with E-state index in [-0.39, 0.29) is 9.79 Å². The fourth-order valence-electron chi connectivity index (χ4n) is 5.53. The van der Waals surface area contributed by atoms with Crippen LogP contribution in [0.15, 0.2) is 137 Å². The van der Waals surface area contributed by atoms with Gasteiger partial charge in [0.1, 0.15) is 11.0 Å². The van der Waals surface area contributed by atoms with Crippen molar-refractivity contribution in [3.8, 4) is 22.4 Å². The summed E-state index contributed by atoms with van der Waals surface area (Å²) in [5, 5.41) is 1.02. The summed E-state index contributed by atoms with van der Waals surface area (Å²) in [6, 6.07) is 40.2. The van der Waals surface area contributed by atoms with Crippen LogP contribution in [0.25, 0.3) is 59.5 Å². The Bertz CT molecular complexity index is 2380. The Morgan fingerprint density at radius 3 is 2.15 bits per heavy atom. The third-order valence-corrected chi connectivity index (χ3v) is 10.3. The molecule has 3 aromatic heterocycles. The van der Waals surface area contributed by atoms with Gasteiger partial charge in [-0.1, -0.05) is 102 Å². The van der Waals surface area contributed by atoms with Crippen LogP contribution in [0, 0.1) is 0 Å². The minimum atomic E-state index is -3.64. The van der Waals surface area contributed by atoms with Crippen LogP contribution in [-0.2, 0) is 9.84 Å². The van der Waals surface area contributed by atoms with Gasteiger partial charge in [0.2, 0.25) is 9.84 Å². The number of hydrogen-bond donors (Lipinski definition) is 0. The lowest BCUT2D eigenvalue weighted by molar-refractivity contribution is 0.596. The molecule has 0 unspecified atom stereocenters. The van der Waals surface area contributed by atoms with E-state index in [1.807, 2.05) is 66.7 Å². The molecule has 41 heavy (non-hydrogen) atoms. The molecule has 196 valence electrons. The maximum atomic E-state index is 13.4. The van der Waals surface area contributed by atoms with Crippen molar-refractivity contribution in [3.63, 3.8) is 0 Å². The molecule has 0 fully saturated rings. The number of fused-ring (bicyclic) bond motifs is 7. The number of thiazole rings is 1. The lowest BCUT2D eigenvalue weighted by Gasteiger charge is -2.09. The molecule has 0 aliphatic rings. The molecule has 5 nitrogen and oxygen atoms in total. The largest absolute Gasteiger partial charge is 0.281 e. The molecule has 0 bridgehead atoms. The number of hydrogen-bond acceptors (Lipinski definition) is 5. The van der Waals surface area contributed by atoms with E-state index in [0.29, 0.717) is 0 Å². The molecule has 7 heteroatoms. The number of rotatable bonds is 4. The summed E-state index contributed by atoms with van der Waals surface area (Å²) >= 11 is 1.61. The number of para-hydroxylation sites is 1. The van der Waals surface area contributed by atoms with Crippen LogP contribution in [0.5, 0.6) is 0 Å². The highest BCUT2D eigenvalue weighted by molar-refractivity contribution is 7.91. The van der Waals surface area contributed by atoms with Gasteiger partial charge in [-0.15, -0.1) is 0 Å². The van der Waals surface area contributed by atoms with E-state index in [1.54, 1.807) is 47.7 Å². The van der Waals surface area contributed by atoms with Crippen LogP contribution in [-0.4, -0.2) is 22.8 Å². The minimum Gasteiger partial charge on any atom is -0.281 e. The summed E-state index contributed by atoms with van der Waals surface area (Å²) < 4.78 is 30.0. The summed E-state index contributed by atoms with van der Waals surface area (Å²) in [5.74, 6) is 0. The van der Waals surface area contributed by atoms with Gasteiger partial charge in [0.25, 0.3) is 0 Å². The minimum absolute atomic E-state index is 0.270. The Balaban J connectivity index is 1.39. The van der Waals surface area contributed by atoms with Gasteiger partial charge >= 0.3 is 0 Å². The van der Waals surface area contributed by atoms with Gasteiger partial charge in [-0.3, -0.25) is 4.40 Å². The average Bonchev–Trinajstić information content (AvgIpc) is 3.58. The number of pyridine rings is 1. The van der Waals surface area contributed by atoms with E-state index in [4.69, 9.17) is 9.97 Å². The van der Waals surface area contributed by atoms with Crippen molar-refractivity contribution in [1.82, 2.24) is 14.4 Å². The Morgan fingerprint density at radius 2 is 1.32 bits per heavy atom. The number of imidazole rings is 1. The lowest BCUT2D eigenvalue weighted by Crippen LogP contribution is -2.01. The monoisotopic (exact) mass is 567 g/mol. The Hall–Kier alpha value is -4.85. The van der Waals surface area contributed by atoms with E-state index in [1.165, 1.54) is 0 Å². The first-order valence-corrected chi connectivity index (χ1v) is 15.5. The Kier molecular flexibility index (Phi) is 5.32. The van der Waals surface area contributed by atoms with Crippen molar-refractivity contribution in [2.75, 3.05) is 0 Å². The summed E-state index contributed by atoms with van der Waals surface area (Å²) in [5.41, 5.74) is 7.52. The molecule has 0 amide bonds. The van der Waals surface area contributed by atoms with Crippen molar-refractivity contribution in [3.05, 3.63) is 127 Å². The Morgan fingerprint density at radius 1 is 0.634 bits per heavy atom. The summed E-state index contributed by atoms with van der Waals surface area (Å²) in [4.78, 5) is 11.7. The van der Waals surface area contributed by atoms with Crippen LogP contribution in [0.1, 0.15) is 0 Å². The quantitative estimate of drug-likeness (QED) is 0.214. The van der Waals surface area contributed by atoms with Crippen molar-refractivity contribution in [2.45, 2.75) is 9.79 Å². The molecule has 5 aromatic carbocycles. The van der Waals surface area contributed by atoms with Crippen LogP contribution in [0.3, 0.4) is 0 Å². The Labute approximate surface area is 239 Å². The van der Waals surface area contributed by atoms with E-state index in [0.717, 1.165) is 59.5 Å². The zero-order valence-electron chi connectivity index (χ0n) is 21.6. The molecule has 0 saturated heterocycles. The van der Waals surface area contributed by atoms with Crippen LogP contribution in [0.4, 0.5) is 0 Å². The second-order valence-electron chi connectivity index (χ2n) is 9.87. The predicted molar refractivity (Wildman–Crippen MR) is 166 cm³/mol. The average molecular weight is 568 g/mol. The van der Waals surface area contributed by atoms with Crippen LogP contribution >= 0.6 is 11.3 Å². The van der Waals surface area contributed by atoms with E-state index >= 15 is 0 Å². The van der Waals surface area contributed by atoms with Crippen LogP contribution < -0.4 is 0 Å². The number of nitrogens with zero attached hydrogens (tertiary/aromatic N) is 3. The smallest absolute Gasteiger partial charge is 0.206 e. The summed E-state index contributed by atoms with van der Waals surface area (Å²) in [6.07, 6.45) is 0. The molecular weight excluding hydrogens is 547 g/mol. The maximum Gasteiger partial charge on any atom is 0.206 e. The molecule has 0 aliphatic heterocycles. The standard InChI is InChI=1S/C34H21N3O2S2/c38-41(39,24-14-5-2-6-15-24)25-16-9-13-23(21-25)26-18-10-20-29-33(26)40-34-36-31-27-17-7-8-19-28(27)35-30(32(31)37(29)34)22-11-3-1-4-12-22/h1-21H. The van der Waals surface area contributed by atoms with E-state index < -0.39 is 9.84 Å². The van der Waals surface area contributed by atoms with E-state index in [2.05, 4.69) is 28.7 Å². The number of benzene rings is 5. The first kappa shape index (κ1) is 24.0. The maximum absolute atomic E-state index is 13.4. The number of aromatic nitrogens is 3. The van der Waals surface area contributed by atoms with Crippen molar-refractivity contribution >= 4 is 58.3 Å². The molecular formula is C34H21N3O2S2. The highest BCUT2D eigenvalue weighted by Crippen LogP contribution is 2.41. The molecule has 8 rings (SSSR count). The number of sulfone groups is 1. The lowest BCUT2D eigenvalue weighted by atomic mass is 10.1. The van der Waals surface area contributed by atoms with Crippen molar-refractivity contribution in [2.24, 2.45) is 0 Å². The zero-order valence-corrected chi connectivity index (χ0v) is 23.2. The third-order valence-electron chi connectivity index (χ3n) is 7.45. The van der Waals surface area contributed by atoms with Gasteiger partial charge in [-0.05, 0) is 42.0 Å². The van der Waals surface area contributed by atoms with Crippen LogP contribution in [0.2, 0.25) is 0 Å². The van der Waals surface area contributed by atoms with Crippen molar-refractivity contribution in [1.29, 1.82) is 0 Å². The highest BCUT2D eigenvalue weighted by atomic mass is 32.2. The van der Waals surface area contributed by atoms with Gasteiger partial charge in [0.15, 0.2) is 4.96 Å². The zero-order chi connectivity index (χ0) is 27.6. The normalized spacial score (nSPS) is 12.1. The first-order valence-electron chi connectivity index (χ1n) is 13.2. The second-order valence-corrected chi connectivity index (χ2v) is 12.8. The summed E-state index contributed by atoms with van der Waals surface area (Å²) in [7, 11) is -3.64. The van der Waals surface area contributed by atoms with Gasteiger partial charge in [-0.2, -0.15) is 0 Å².